The zero-order valence-electron chi connectivity index (χ0n) is 12.7. The van der Waals surface area contributed by atoms with Crippen molar-refractivity contribution in [3.8, 4) is 0 Å². The van der Waals surface area contributed by atoms with Crippen LogP contribution in [0.1, 0.15) is 25.3 Å². The van der Waals surface area contributed by atoms with Gasteiger partial charge in [-0.1, -0.05) is 61.9 Å². The molecule has 2 rings (SSSR count). The van der Waals surface area contributed by atoms with E-state index in [4.69, 9.17) is 4.78 Å². The van der Waals surface area contributed by atoms with Crippen LogP contribution in [0.2, 0.25) is 0 Å². The van der Waals surface area contributed by atoms with Crippen LogP contribution in [0.25, 0.3) is 0 Å². The summed E-state index contributed by atoms with van der Waals surface area (Å²) < 4.78 is 50.7. The summed E-state index contributed by atoms with van der Waals surface area (Å²) in [5, 5.41) is 6.62. The van der Waals surface area contributed by atoms with Gasteiger partial charge in [0.1, 0.15) is 9.73 Å². The summed E-state index contributed by atoms with van der Waals surface area (Å²) in [5.41, 5.74) is -2.71. The quantitative estimate of drug-likeness (QED) is 0.821. The van der Waals surface area contributed by atoms with Crippen LogP contribution >= 0.6 is 0 Å². The van der Waals surface area contributed by atoms with E-state index in [9.17, 15) is 9.32 Å². The van der Waals surface area contributed by atoms with Gasteiger partial charge in [-0.25, -0.2) is 8.99 Å². The fourth-order valence-electron chi connectivity index (χ4n) is 2.53. The van der Waals surface area contributed by atoms with Crippen LogP contribution < -0.4 is 0 Å². The van der Waals surface area contributed by atoms with E-state index in [1.165, 1.54) is 48.5 Å². The second kappa shape index (κ2) is 6.37. The van der Waals surface area contributed by atoms with Crippen molar-refractivity contribution in [1.82, 2.24) is 0 Å². The van der Waals surface area contributed by atoms with Gasteiger partial charge in [-0.05, 0) is 24.1 Å². The molecule has 0 amide bonds. The molecule has 0 saturated heterocycles. The Morgan fingerprint density at radius 3 is 2.00 bits per heavy atom. The first-order chi connectivity index (χ1) is 10.8. The van der Waals surface area contributed by atoms with Crippen molar-refractivity contribution in [1.29, 1.82) is 4.78 Å². The molecule has 2 aromatic carbocycles. The van der Waals surface area contributed by atoms with Gasteiger partial charge in [-0.3, -0.25) is 0 Å². The van der Waals surface area contributed by atoms with Crippen LogP contribution in [0.3, 0.4) is 0 Å². The van der Waals surface area contributed by atoms with Crippen molar-refractivity contribution in [2.45, 2.75) is 35.5 Å². The predicted octanol–water partition coefficient (Wildman–Crippen LogP) is 4.37. The van der Waals surface area contributed by atoms with Crippen LogP contribution in [-0.2, 0) is 15.3 Å². The van der Waals surface area contributed by atoms with Crippen molar-refractivity contribution in [3.63, 3.8) is 0 Å². The van der Waals surface area contributed by atoms with Gasteiger partial charge in [-0.2, -0.15) is 8.78 Å². The van der Waals surface area contributed by atoms with E-state index in [1.54, 1.807) is 19.1 Å². The lowest BCUT2D eigenvalue weighted by Crippen LogP contribution is -2.50. The zero-order chi connectivity index (χ0) is 17.1. The van der Waals surface area contributed by atoms with Crippen molar-refractivity contribution >= 4 is 9.73 Å². The maximum atomic E-state index is 15.1. The zero-order valence-corrected chi connectivity index (χ0v) is 13.5. The second-order valence-electron chi connectivity index (χ2n) is 5.36. The number of halogens is 2. The Balaban J connectivity index is 2.62. The summed E-state index contributed by atoms with van der Waals surface area (Å²) in [6.07, 6.45) is -0.0436. The second-order valence-corrected chi connectivity index (χ2v) is 7.46. The first-order valence-electron chi connectivity index (χ1n) is 7.26. The van der Waals surface area contributed by atoms with E-state index in [0.29, 0.717) is 0 Å². The molecule has 23 heavy (non-hydrogen) atoms. The van der Waals surface area contributed by atoms with E-state index >= 15 is 8.78 Å². The van der Waals surface area contributed by atoms with Crippen LogP contribution in [0.15, 0.2) is 65.6 Å². The van der Waals surface area contributed by atoms with Crippen molar-refractivity contribution < 1.29 is 18.1 Å². The molecule has 0 fully saturated rings. The number of aliphatic hydroxyl groups is 1. The third-order valence-electron chi connectivity index (χ3n) is 3.78. The molecular weight excluding hydrogens is 320 g/mol. The van der Waals surface area contributed by atoms with Crippen LogP contribution in [-0.4, -0.2) is 14.6 Å². The molecule has 0 radical (unpaired) electrons. The van der Waals surface area contributed by atoms with Crippen molar-refractivity contribution in [3.05, 3.63) is 66.2 Å². The highest BCUT2D eigenvalue weighted by Crippen LogP contribution is 2.47. The van der Waals surface area contributed by atoms with Crippen LogP contribution in [0.5, 0.6) is 0 Å². The van der Waals surface area contributed by atoms with Gasteiger partial charge < -0.3 is 5.11 Å². The van der Waals surface area contributed by atoms with Gasteiger partial charge in [0.25, 0.3) is 0 Å². The standard InChI is InChI=1S/C17H19F2NO2S/c1-2-13-16(21,14-9-5-3-6-10-14)17(18,19)23(20,22)15-11-7-4-8-12-15/h3-12,20-21H,2,13H2,1H3/t16-,23?/m0/s1. The van der Waals surface area contributed by atoms with Gasteiger partial charge in [0.05, 0.1) is 4.90 Å². The third-order valence-corrected chi connectivity index (χ3v) is 5.78. The minimum Gasteiger partial charge on any atom is -0.378 e. The number of hydrogen-bond donors (Lipinski definition) is 2. The summed E-state index contributed by atoms with van der Waals surface area (Å²) in [6.45, 7) is 1.65. The van der Waals surface area contributed by atoms with E-state index in [2.05, 4.69) is 0 Å². The Labute approximate surface area is 135 Å². The largest absolute Gasteiger partial charge is 0.378 e. The molecule has 0 aliphatic rings. The molecule has 0 bridgehead atoms. The number of benzene rings is 2. The van der Waals surface area contributed by atoms with E-state index in [1.807, 2.05) is 0 Å². The summed E-state index contributed by atoms with van der Waals surface area (Å²) in [5.74, 6) is 0. The highest BCUT2D eigenvalue weighted by Gasteiger charge is 2.60. The Kier molecular flexibility index (Phi) is 4.87. The summed E-state index contributed by atoms with van der Waals surface area (Å²) in [4.78, 5) is -0.296. The Hall–Kier alpha value is -1.79. The van der Waals surface area contributed by atoms with Gasteiger partial charge in [0.15, 0.2) is 5.60 Å². The lowest BCUT2D eigenvalue weighted by molar-refractivity contribution is -0.136. The third kappa shape index (κ3) is 2.88. The summed E-state index contributed by atoms with van der Waals surface area (Å²) in [7, 11) is -4.55. The SMILES string of the molecule is CCC[C@](O)(c1ccccc1)C(F)(F)S(=N)(=O)c1ccccc1. The summed E-state index contributed by atoms with van der Waals surface area (Å²) in [6, 6.07) is 14.4. The van der Waals surface area contributed by atoms with Gasteiger partial charge in [0, 0.05) is 0 Å². The topological polar surface area (TPSA) is 61.1 Å². The average Bonchev–Trinajstić information content (AvgIpc) is 2.56. The van der Waals surface area contributed by atoms with E-state index in [-0.39, 0.29) is 23.3 Å². The molecule has 0 saturated carbocycles. The fraction of sp³-hybridized carbons (Fsp3) is 0.294. The molecule has 3 nitrogen and oxygen atoms in total. The summed E-state index contributed by atoms with van der Waals surface area (Å²) >= 11 is 0. The minimum absolute atomic E-state index is 0.0391. The first-order valence-corrected chi connectivity index (χ1v) is 8.82. The lowest BCUT2D eigenvalue weighted by atomic mass is 9.89. The Morgan fingerprint density at radius 1 is 1.04 bits per heavy atom. The van der Waals surface area contributed by atoms with Crippen LogP contribution in [0, 0.1) is 4.78 Å². The van der Waals surface area contributed by atoms with Crippen LogP contribution in [0.4, 0.5) is 8.78 Å². The molecule has 6 heteroatoms. The molecule has 0 spiro atoms. The number of rotatable bonds is 6. The van der Waals surface area contributed by atoms with Crippen molar-refractivity contribution in [2.24, 2.45) is 0 Å². The minimum atomic E-state index is -4.55. The normalized spacial score (nSPS) is 17.2. The Morgan fingerprint density at radius 2 is 1.52 bits per heavy atom. The lowest BCUT2D eigenvalue weighted by Gasteiger charge is -2.37. The van der Waals surface area contributed by atoms with Crippen molar-refractivity contribution in [2.75, 3.05) is 0 Å². The maximum Gasteiger partial charge on any atom is 0.364 e. The fourth-order valence-corrected chi connectivity index (χ4v) is 4.06. The predicted molar refractivity (Wildman–Crippen MR) is 85.8 cm³/mol. The highest BCUT2D eigenvalue weighted by atomic mass is 32.2. The molecule has 0 heterocycles. The molecule has 0 aliphatic carbocycles. The van der Waals surface area contributed by atoms with Gasteiger partial charge >= 0.3 is 5.25 Å². The molecule has 0 aromatic heterocycles. The van der Waals surface area contributed by atoms with E-state index < -0.39 is 20.6 Å². The number of alkyl halides is 2. The number of hydrogen-bond acceptors (Lipinski definition) is 3. The van der Waals surface area contributed by atoms with E-state index in [0.717, 1.165) is 0 Å². The average molecular weight is 339 g/mol. The number of nitrogens with one attached hydrogen (secondary N) is 1. The molecule has 0 aliphatic heterocycles. The smallest absolute Gasteiger partial charge is 0.364 e. The molecule has 1 unspecified atom stereocenters. The van der Waals surface area contributed by atoms with Gasteiger partial charge in [-0.15, -0.1) is 0 Å². The van der Waals surface area contributed by atoms with Gasteiger partial charge in [0.2, 0.25) is 0 Å². The molecule has 2 atom stereocenters. The maximum absolute atomic E-state index is 15.1. The molecule has 124 valence electrons. The monoisotopic (exact) mass is 339 g/mol. The molecule has 2 N–H and O–H groups in total. The molecule has 2 aromatic rings. The first kappa shape index (κ1) is 17.6. The molecular formula is C17H19F2NO2S. The highest BCUT2D eigenvalue weighted by molar-refractivity contribution is 7.93. The Bertz CT molecular complexity index is 749.